The molecule has 5 nitrogen and oxygen atoms in total. The fourth-order valence-electron chi connectivity index (χ4n) is 1.26. The van der Waals surface area contributed by atoms with Crippen LogP contribution in [0.1, 0.15) is 19.4 Å². The number of benzene rings is 1. The van der Waals surface area contributed by atoms with Crippen molar-refractivity contribution in [3.05, 3.63) is 41.0 Å². The van der Waals surface area contributed by atoms with Crippen LogP contribution in [0.4, 0.5) is 0 Å². The molecule has 1 aromatic carbocycles. The van der Waals surface area contributed by atoms with Crippen molar-refractivity contribution < 1.29 is 19.8 Å². The lowest BCUT2D eigenvalue weighted by molar-refractivity contribution is -0.133. The zero-order chi connectivity index (χ0) is 13.7. The Morgan fingerprint density at radius 1 is 1.11 bits per heavy atom. The molecule has 0 bridgehead atoms. The minimum atomic E-state index is -1.10. The molecule has 0 aromatic heterocycles. The molecule has 1 amide bonds. The highest BCUT2D eigenvalue weighted by atomic mass is 16.4. The average molecular weight is 249 g/mol. The molecular formula is C13H15NO4. The van der Waals surface area contributed by atoms with Gasteiger partial charge in [-0.15, -0.1) is 0 Å². The Morgan fingerprint density at radius 2 is 1.67 bits per heavy atom. The third-order valence-corrected chi connectivity index (χ3v) is 2.61. The van der Waals surface area contributed by atoms with Crippen LogP contribution < -0.4 is 5.32 Å². The highest BCUT2D eigenvalue weighted by molar-refractivity contribution is 6.01. The number of carboxylic acids is 1. The van der Waals surface area contributed by atoms with E-state index in [0.29, 0.717) is 0 Å². The average Bonchev–Trinajstić information content (AvgIpc) is 2.35. The van der Waals surface area contributed by atoms with E-state index in [4.69, 9.17) is 10.2 Å². The molecule has 0 aliphatic carbocycles. The van der Waals surface area contributed by atoms with E-state index in [-0.39, 0.29) is 23.4 Å². The fraction of sp³-hybridized carbons (Fsp3) is 0.231. The van der Waals surface area contributed by atoms with Crippen molar-refractivity contribution in [3.8, 4) is 5.75 Å². The highest BCUT2D eigenvalue weighted by Crippen LogP contribution is 2.10. The number of hydrogen-bond acceptors (Lipinski definition) is 3. The van der Waals surface area contributed by atoms with Gasteiger partial charge in [0.15, 0.2) is 0 Å². The second-order valence-electron chi connectivity index (χ2n) is 3.90. The van der Waals surface area contributed by atoms with Gasteiger partial charge in [0.1, 0.15) is 5.75 Å². The Balaban J connectivity index is 2.64. The zero-order valence-corrected chi connectivity index (χ0v) is 10.2. The molecule has 18 heavy (non-hydrogen) atoms. The third kappa shape index (κ3) is 3.62. The summed E-state index contributed by atoms with van der Waals surface area (Å²) in [7, 11) is 0. The number of aliphatic carboxylic acids is 1. The molecule has 0 atom stereocenters. The van der Waals surface area contributed by atoms with E-state index in [1.54, 1.807) is 12.1 Å². The van der Waals surface area contributed by atoms with Crippen LogP contribution in [0.15, 0.2) is 35.4 Å². The molecule has 5 heteroatoms. The quantitative estimate of drug-likeness (QED) is 0.704. The van der Waals surface area contributed by atoms with Gasteiger partial charge in [-0.2, -0.15) is 0 Å². The minimum Gasteiger partial charge on any atom is -0.508 e. The SMILES string of the molecule is C/C(C(=O)O)=C(/C)C(=O)NCc1ccc(O)cc1. The van der Waals surface area contributed by atoms with Crippen molar-refractivity contribution in [3.63, 3.8) is 0 Å². The maximum Gasteiger partial charge on any atom is 0.331 e. The Kier molecular flexibility index (Phi) is 4.48. The summed E-state index contributed by atoms with van der Waals surface area (Å²) < 4.78 is 0. The molecule has 0 aliphatic rings. The standard InChI is InChI=1S/C13H15NO4/c1-8(9(2)13(17)18)12(16)14-7-10-3-5-11(15)6-4-10/h3-6,15H,7H2,1-2H3,(H,14,16)(H,17,18)/b9-8+. The second kappa shape index (κ2) is 5.86. The minimum absolute atomic E-state index is 0.0261. The number of rotatable bonds is 4. The van der Waals surface area contributed by atoms with Crippen LogP contribution in [0.5, 0.6) is 5.75 Å². The van der Waals surface area contributed by atoms with E-state index >= 15 is 0 Å². The number of carbonyl (C=O) groups is 2. The predicted octanol–water partition coefficient (Wildman–Crippen LogP) is 1.43. The lowest BCUT2D eigenvalue weighted by atomic mass is 10.1. The van der Waals surface area contributed by atoms with Gasteiger partial charge >= 0.3 is 5.97 Å². The van der Waals surface area contributed by atoms with Crippen LogP contribution in [-0.4, -0.2) is 22.1 Å². The number of aromatic hydroxyl groups is 1. The van der Waals surface area contributed by atoms with Gasteiger partial charge in [0.05, 0.1) is 0 Å². The second-order valence-corrected chi connectivity index (χ2v) is 3.90. The maximum absolute atomic E-state index is 11.6. The molecule has 3 N–H and O–H groups in total. The third-order valence-electron chi connectivity index (χ3n) is 2.61. The van der Waals surface area contributed by atoms with Crippen molar-refractivity contribution in [2.24, 2.45) is 0 Å². The van der Waals surface area contributed by atoms with Crippen molar-refractivity contribution in [1.82, 2.24) is 5.32 Å². The Hall–Kier alpha value is -2.30. The molecule has 96 valence electrons. The topological polar surface area (TPSA) is 86.6 Å². The number of carboxylic acid groups (broad SMARTS) is 1. The molecule has 0 saturated carbocycles. The number of phenols is 1. The molecule has 0 radical (unpaired) electrons. The van der Waals surface area contributed by atoms with E-state index in [0.717, 1.165) is 5.56 Å². The van der Waals surface area contributed by atoms with Crippen LogP contribution >= 0.6 is 0 Å². The predicted molar refractivity (Wildman–Crippen MR) is 66.0 cm³/mol. The van der Waals surface area contributed by atoms with Gasteiger partial charge in [0.25, 0.3) is 0 Å². The number of hydrogen-bond donors (Lipinski definition) is 3. The molecule has 0 spiro atoms. The van der Waals surface area contributed by atoms with Crippen LogP contribution in [0.3, 0.4) is 0 Å². The normalized spacial score (nSPS) is 11.7. The zero-order valence-electron chi connectivity index (χ0n) is 10.2. The molecule has 0 fully saturated rings. The first-order chi connectivity index (χ1) is 8.41. The summed E-state index contributed by atoms with van der Waals surface area (Å²) >= 11 is 0. The van der Waals surface area contributed by atoms with Crippen LogP contribution in [0.25, 0.3) is 0 Å². The number of carbonyl (C=O) groups excluding carboxylic acids is 1. The van der Waals surface area contributed by atoms with Crippen molar-refractivity contribution in [2.75, 3.05) is 0 Å². The van der Waals surface area contributed by atoms with Gasteiger partial charge in [-0.25, -0.2) is 4.79 Å². The van der Waals surface area contributed by atoms with E-state index in [2.05, 4.69) is 5.32 Å². The van der Waals surface area contributed by atoms with Crippen LogP contribution in [-0.2, 0) is 16.1 Å². The Bertz CT molecular complexity index is 488. The molecule has 0 aliphatic heterocycles. The number of phenolic OH excluding ortho intramolecular Hbond substituents is 1. The summed E-state index contributed by atoms with van der Waals surface area (Å²) in [6, 6.07) is 6.40. The summed E-state index contributed by atoms with van der Waals surface area (Å²) in [5, 5.41) is 20.5. The highest BCUT2D eigenvalue weighted by Gasteiger charge is 2.12. The van der Waals surface area contributed by atoms with Crippen LogP contribution in [0, 0.1) is 0 Å². The Morgan fingerprint density at radius 3 is 2.17 bits per heavy atom. The first-order valence-corrected chi connectivity index (χ1v) is 5.38. The van der Waals surface area contributed by atoms with Gasteiger partial charge in [-0.05, 0) is 31.5 Å². The van der Waals surface area contributed by atoms with Crippen molar-refractivity contribution in [2.45, 2.75) is 20.4 Å². The summed E-state index contributed by atoms with van der Waals surface area (Å²) in [5.41, 5.74) is 1.03. The molecule has 0 saturated heterocycles. The monoisotopic (exact) mass is 249 g/mol. The first-order valence-electron chi connectivity index (χ1n) is 5.38. The summed E-state index contributed by atoms with van der Waals surface area (Å²) in [6.07, 6.45) is 0. The van der Waals surface area contributed by atoms with E-state index in [1.165, 1.54) is 26.0 Å². The van der Waals surface area contributed by atoms with Crippen molar-refractivity contribution >= 4 is 11.9 Å². The first kappa shape index (κ1) is 13.8. The fourth-order valence-corrected chi connectivity index (χ4v) is 1.26. The largest absolute Gasteiger partial charge is 0.508 e. The van der Waals surface area contributed by atoms with Gasteiger partial charge in [0.2, 0.25) is 5.91 Å². The number of amides is 1. The molecule has 0 unspecified atom stereocenters. The lowest BCUT2D eigenvalue weighted by Crippen LogP contribution is -2.25. The Labute approximate surface area is 105 Å². The summed E-state index contributed by atoms with van der Waals surface area (Å²) in [4.78, 5) is 22.3. The van der Waals surface area contributed by atoms with Gasteiger partial charge in [0, 0.05) is 17.7 Å². The summed E-state index contributed by atoms with van der Waals surface area (Å²) in [5.74, 6) is -1.36. The molecule has 1 rings (SSSR count). The number of nitrogens with one attached hydrogen (secondary N) is 1. The van der Waals surface area contributed by atoms with Gasteiger partial charge in [-0.1, -0.05) is 12.1 Å². The van der Waals surface area contributed by atoms with E-state index in [1.807, 2.05) is 0 Å². The van der Waals surface area contributed by atoms with Gasteiger partial charge < -0.3 is 15.5 Å². The van der Waals surface area contributed by atoms with Crippen molar-refractivity contribution in [1.29, 1.82) is 0 Å². The lowest BCUT2D eigenvalue weighted by Gasteiger charge is -2.07. The summed E-state index contributed by atoms with van der Waals surface area (Å²) in [6.45, 7) is 3.14. The maximum atomic E-state index is 11.6. The molecule has 1 aromatic rings. The molecule has 0 heterocycles. The van der Waals surface area contributed by atoms with Crippen LogP contribution in [0.2, 0.25) is 0 Å². The van der Waals surface area contributed by atoms with E-state index in [9.17, 15) is 9.59 Å². The van der Waals surface area contributed by atoms with Gasteiger partial charge in [-0.3, -0.25) is 4.79 Å². The smallest absolute Gasteiger partial charge is 0.331 e. The molecular weight excluding hydrogens is 234 g/mol. The van der Waals surface area contributed by atoms with E-state index < -0.39 is 11.9 Å².